The van der Waals surface area contributed by atoms with E-state index in [2.05, 4.69) is 6.58 Å². The first-order valence-electron chi connectivity index (χ1n) is 5.74. The van der Waals surface area contributed by atoms with Gasteiger partial charge in [-0.2, -0.15) is 0 Å². The monoisotopic (exact) mass is 242 g/mol. The van der Waals surface area contributed by atoms with Gasteiger partial charge in [-0.15, -0.1) is 0 Å². The fourth-order valence-corrected chi connectivity index (χ4v) is 1.60. The Kier molecular flexibility index (Phi) is 3.63. The van der Waals surface area contributed by atoms with E-state index in [9.17, 15) is 4.79 Å². The largest absolute Gasteiger partial charge is 0.462 e. The van der Waals surface area contributed by atoms with Crippen LogP contribution in [-0.2, 0) is 4.74 Å². The van der Waals surface area contributed by atoms with Crippen LogP contribution in [0.3, 0.4) is 0 Å². The molecule has 92 valence electrons. The van der Waals surface area contributed by atoms with E-state index in [-0.39, 0.29) is 5.97 Å². The summed E-state index contributed by atoms with van der Waals surface area (Å²) in [6.07, 6.45) is 1.65. The van der Waals surface area contributed by atoms with Crippen LogP contribution in [0.4, 0.5) is 0 Å². The SMILES string of the molecule is C=Cc1ccc(-c2ccc(C(=O)OCC)cc2)o1. The highest BCUT2D eigenvalue weighted by Crippen LogP contribution is 2.23. The van der Waals surface area contributed by atoms with Crippen molar-refractivity contribution in [1.82, 2.24) is 0 Å². The van der Waals surface area contributed by atoms with Crippen molar-refractivity contribution in [2.75, 3.05) is 6.61 Å². The first kappa shape index (κ1) is 12.2. The molecule has 1 aromatic carbocycles. The summed E-state index contributed by atoms with van der Waals surface area (Å²) < 4.78 is 10.5. The maximum Gasteiger partial charge on any atom is 0.338 e. The number of ether oxygens (including phenoxy) is 1. The van der Waals surface area contributed by atoms with Crippen LogP contribution in [0.15, 0.2) is 47.4 Å². The zero-order valence-electron chi connectivity index (χ0n) is 10.2. The van der Waals surface area contributed by atoms with Crippen LogP contribution in [0.1, 0.15) is 23.0 Å². The van der Waals surface area contributed by atoms with E-state index in [0.717, 1.165) is 17.1 Å². The summed E-state index contributed by atoms with van der Waals surface area (Å²) >= 11 is 0. The minimum absolute atomic E-state index is 0.310. The Morgan fingerprint density at radius 2 is 2.00 bits per heavy atom. The van der Waals surface area contributed by atoms with Crippen molar-refractivity contribution in [2.45, 2.75) is 6.92 Å². The van der Waals surface area contributed by atoms with Crippen molar-refractivity contribution in [3.05, 3.63) is 54.3 Å². The van der Waals surface area contributed by atoms with Crippen LogP contribution in [0.5, 0.6) is 0 Å². The topological polar surface area (TPSA) is 39.4 Å². The second-order valence-electron chi connectivity index (χ2n) is 3.70. The summed E-state index contributed by atoms with van der Waals surface area (Å²) in [7, 11) is 0. The Morgan fingerprint density at radius 3 is 2.56 bits per heavy atom. The Morgan fingerprint density at radius 1 is 1.28 bits per heavy atom. The molecule has 0 bridgehead atoms. The van der Waals surface area contributed by atoms with Crippen molar-refractivity contribution < 1.29 is 13.9 Å². The molecule has 2 rings (SSSR count). The summed E-state index contributed by atoms with van der Waals surface area (Å²) in [6, 6.07) is 10.8. The molecule has 0 aliphatic heterocycles. The zero-order valence-corrected chi connectivity index (χ0v) is 10.2. The second-order valence-corrected chi connectivity index (χ2v) is 3.70. The van der Waals surface area contributed by atoms with Gasteiger partial charge in [0.25, 0.3) is 0 Å². The van der Waals surface area contributed by atoms with E-state index in [1.165, 1.54) is 0 Å². The van der Waals surface area contributed by atoms with Crippen LogP contribution in [0.25, 0.3) is 17.4 Å². The Bertz CT molecular complexity index is 549. The second kappa shape index (κ2) is 5.36. The zero-order chi connectivity index (χ0) is 13.0. The van der Waals surface area contributed by atoms with Crippen LogP contribution in [0.2, 0.25) is 0 Å². The average molecular weight is 242 g/mol. The summed E-state index contributed by atoms with van der Waals surface area (Å²) in [6.45, 7) is 5.80. The molecule has 3 nitrogen and oxygen atoms in total. The summed E-state index contributed by atoms with van der Waals surface area (Å²) in [5, 5.41) is 0. The lowest BCUT2D eigenvalue weighted by atomic mass is 10.1. The van der Waals surface area contributed by atoms with Gasteiger partial charge in [0.15, 0.2) is 0 Å². The van der Waals surface area contributed by atoms with Gasteiger partial charge in [-0.25, -0.2) is 4.79 Å². The van der Waals surface area contributed by atoms with Crippen molar-refractivity contribution in [2.24, 2.45) is 0 Å². The Hall–Kier alpha value is -2.29. The number of rotatable bonds is 4. The number of hydrogen-bond acceptors (Lipinski definition) is 3. The maximum atomic E-state index is 11.5. The van der Waals surface area contributed by atoms with E-state index in [1.54, 1.807) is 25.1 Å². The van der Waals surface area contributed by atoms with Crippen molar-refractivity contribution >= 4 is 12.0 Å². The first-order chi connectivity index (χ1) is 8.74. The van der Waals surface area contributed by atoms with Gasteiger partial charge in [0.2, 0.25) is 0 Å². The molecule has 0 saturated carbocycles. The number of esters is 1. The molecule has 18 heavy (non-hydrogen) atoms. The third kappa shape index (κ3) is 2.51. The highest BCUT2D eigenvalue weighted by molar-refractivity contribution is 5.89. The number of carbonyl (C=O) groups is 1. The van der Waals surface area contributed by atoms with Crippen LogP contribution in [-0.4, -0.2) is 12.6 Å². The van der Waals surface area contributed by atoms with Crippen LogP contribution < -0.4 is 0 Å². The van der Waals surface area contributed by atoms with Gasteiger partial charge in [0.05, 0.1) is 12.2 Å². The summed E-state index contributed by atoms with van der Waals surface area (Å²) in [5.41, 5.74) is 1.45. The summed E-state index contributed by atoms with van der Waals surface area (Å²) in [5.74, 6) is 1.16. The molecule has 0 saturated heterocycles. The molecule has 0 unspecified atom stereocenters. The van der Waals surface area contributed by atoms with Crippen molar-refractivity contribution in [3.63, 3.8) is 0 Å². The van der Waals surface area contributed by atoms with Crippen LogP contribution in [0, 0.1) is 0 Å². The van der Waals surface area contributed by atoms with E-state index in [1.807, 2.05) is 24.3 Å². The fourth-order valence-electron chi connectivity index (χ4n) is 1.60. The smallest absolute Gasteiger partial charge is 0.338 e. The molecule has 2 aromatic rings. The van der Waals surface area contributed by atoms with Crippen molar-refractivity contribution in [1.29, 1.82) is 0 Å². The van der Waals surface area contributed by atoms with Crippen LogP contribution >= 0.6 is 0 Å². The normalized spacial score (nSPS) is 10.1. The van der Waals surface area contributed by atoms with E-state index < -0.39 is 0 Å². The molecule has 0 radical (unpaired) electrons. The highest BCUT2D eigenvalue weighted by atomic mass is 16.5. The predicted molar refractivity (Wildman–Crippen MR) is 70.2 cm³/mol. The van der Waals surface area contributed by atoms with E-state index >= 15 is 0 Å². The molecule has 0 fully saturated rings. The third-order valence-corrected chi connectivity index (χ3v) is 2.51. The van der Waals surface area contributed by atoms with Gasteiger partial charge >= 0.3 is 5.97 Å². The van der Waals surface area contributed by atoms with Gasteiger partial charge in [-0.1, -0.05) is 18.7 Å². The minimum atomic E-state index is -0.310. The standard InChI is InChI=1S/C15H14O3/c1-3-13-9-10-14(18-13)11-5-7-12(8-6-11)15(16)17-4-2/h3,5-10H,1,4H2,2H3. The van der Waals surface area contributed by atoms with Gasteiger partial charge in [-0.05, 0) is 37.3 Å². The van der Waals surface area contributed by atoms with Crippen molar-refractivity contribution in [3.8, 4) is 11.3 Å². The Labute approximate surface area is 106 Å². The molecule has 3 heteroatoms. The third-order valence-electron chi connectivity index (χ3n) is 2.51. The molecule has 1 aromatic heterocycles. The van der Waals surface area contributed by atoms with E-state index in [4.69, 9.17) is 9.15 Å². The highest BCUT2D eigenvalue weighted by Gasteiger charge is 2.07. The number of hydrogen-bond donors (Lipinski definition) is 0. The molecule has 0 aliphatic carbocycles. The number of furan rings is 1. The molecule has 0 amide bonds. The molecular formula is C15H14O3. The lowest BCUT2D eigenvalue weighted by molar-refractivity contribution is 0.0526. The molecular weight excluding hydrogens is 228 g/mol. The molecule has 0 atom stereocenters. The molecule has 0 N–H and O–H groups in total. The number of carbonyl (C=O) groups excluding carboxylic acids is 1. The van der Waals surface area contributed by atoms with Gasteiger partial charge < -0.3 is 9.15 Å². The maximum absolute atomic E-state index is 11.5. The fraction of sp³-hybridized carbons (Fsp3) is 0.133. The predicted octanol–water partition coefficient (Wildman–Crippen LogP) is 3.77. The molecule has 0 spiro atoms. The first-order valence-corrected chi connectivity index (χ1v) is 5.74. The quantitative estimate of drug-likeness (QED) is 0.766. The van der Waals surface area contributed by atoms with Gasteiger partial charge in [0, 0.05) is 5.56 Å². The minimum Gasteiger partial charge on any atom is -0.462 e. The van der Waals surface area contributed by atoms with Gasteiger partial charge in [0.1, 0.15) is 11.5 Å². The van der Waals surface area contributed by atoms with Gasteiger partial charge in [-0.3, -0.25) is 0 Å². The lowest BCUT2D eigenvalue weighted by Crippen LogP contribution is -2.03. The molecule has 1 heterocycles. The molecule has 0 aliphatic rings. The Balaban J connectivity index is 2.21. The number of benzene rings is 1. The summed E-state index contributed by atoms with van der Waals surface area (Å²) in [4.78, 5) is 11.5. The average Bonchev–Trinajstić information content (AvgIpc) is 2.88. The van der Waals surface area contributed by atoms with E-state index in [0.29, 0.717) is 12.2 Å². The lowest BCUT2D eigenvalue weighted by Gasteiger charge is -2.02.